The summed E-state index contributed by atoms with van der Waals surface area (Å²) in [5.74, 6) is 0.189. The lowest BCUT2D eigenvalue weighted by atomic mass is 10.2. The first-order valence-electron chi connectivity index (χ1n) is 7.57. The van der Waals surface area contributed by atoms with Gasteiger partial charge in [0.1, 0.15) is 0 Å². The van der Waals surface area contributed by atoms with Crippen LogP contribution in [-0.2, 0) is 11.3 Å². The van der Waals surface area contributed by atoms with Crippen LogP contribution < -0.4 is 5.32 Å². The van der Waals surface area contributed by atoms with Crippen LogP contribution in [0, 0.1) is 0 Å². The maximum Gasteiger partial charge on any atom is 0.224 e. The third-order valence-corrected chi connectivity index (χ3v) is 3.30. The lowest BCUT2D eigenvalue weighted by Gasteiger charge is -2.26. The van der Waals surface area contributed by atoms with Crippen molar-refractivity contribution in [3.63, 3.8) is 0 Å². The first-order valence-corrected chi connectivity index (χ1v) is 7.57. The molecule has 0 aromatic carbocycles. The van der Waals surface area contributed by atoms with Crippen LogP contribution in [0.15, 0.2) is 24.5 Å². The summed E-state index contributed by atoms with van der Waals surface area (Å²) in [5, 5.41) is 3.29. The zero-order valence-electron chi connectivity index (χ0n) is 13.7. The van der Waals surface area contributed by atoms with Gasteiger partial charge in [0.15, 0.2) is 0 Å². The van der Waals surface area contributed by atoms with Gasteiger partial charge in [0, 0.05) is 44.5 Å². The molecule has 1 aromatic heterocycles. The Morgan fingerprint density at radius 2 is 2.14 bits per heavy atom. The predicted octanol–water partition coefficient (Wildman–Crippen LogP) is 1.36. The van der Waals surface area contributed by atoms with Crippen molar-refractivity contribution >= 4 is 5.91 Å². The Balaban J connectivity index is 2.64. The van der Waals surface area contributed by atoms with E-state index in [9.17, 15) is 4.79 Å². The standard InChI is InChI=1S/C16H28N4O/c1-5-18-14(2)11-16(21)20(10-9-19(3)4)13-15-7-6-8-17-12-15/h6-8,12,14,18H,5,9-11,13H2,1-4H3. The number of likely N-dealkylation sites (N-methyl/N-ethyl adjacent to an activating group) is 1. The topological polar surface area (TPSA) is 48.5 Å². The summed E-state index contributed by atoms with van der Waals surface area (Å²) >= 11 is 0. The number of rotatable bonds is 9. The molecule has 1 unspecified atom stereocenters. The number of hydrogen-bond acceptors (Lipinski definition) is 4. The van der Waals surface area contributed by atoms with E-state index in [-0.39, 0.29) is 11.9 Å². The Labute approximate surface area is 128 Å². The molecule has 0 fully saturated rings. The van der Waals surface area contributed by atoms with Gasteiger partial charge in [-0.15, -0.1) is 0 Å². The molecule has 1 heterocycles. The molecule has 0 bridgehead atoms. The van der Waals surface area contributed by atoms with E-state index in [1.165, 1.54) is 0 Å². The highest BCUT2D eigenvalue weighted by molar-refractivity contribution is 5.76. The molecule has 1 atom stereocenters. The highest BCUT2D eigenvalue weighted by Gasteiger charge is 2.16. The van der Waals surface area contributed by atoms with E-state index >= 15 is 0 Å². The number of carbonyl (C=O) groups is 1. The van der Waals surface area contributed by atoms with Crippen LogP contribution >= 0.6 is 0 Å². The van der Waals surface area contributed by atoms with Crippen molar-refractivity contribution in [2.24, 2.45) is 0 Å². The average molecular weight is 292 g/mol. The smallest absolute Gasteiger partial charge is 0.224 e. The fraction of sp³-hybridized carbons (Fsp3) is 0.625. The summed E-state index contributed by atoms with van der Waals surface area (Å²) in [6.07, 6.45) is 4.11. The third-order valence-electron chi connectivity index (χ3n) is 3.30. The van der Waals surface area contributed by atoms with E-state index < -0.39 is 0 Å². The molecular formula is C16H28N4O. The minimum atomic E-state index is 0.189. The minimum Gasteiger partial charge on any atom is -0.337 e. The molecule has 21 heavy (non-hydrogen) atoms. The second kappa shape index (κ2) is 9.47. The van der Waals surface area contributed by atoms with E-state index in [0.717, 1.165) is 25.2 Å². The molecule has 0 aliphatic rings. The van der Waals surface area contributed by atoms with Crippen molar-refractivity contribution in [1.29, 1.82) is 0 Å². The molecule has 1 aromatic rings. The van der Waals surface area contributed by atoms with Crippen LogP contribution in [0.25, 0.3) is 0 Å². The Bertz CT molecular complexity index is 408. The Hall–Kier alpha value is -1.46. The molecule has 0 aliphatic carbocycles. The van der Waals surface area contributed by atoms with Crippen LogP contribution in [0.5, 0.6) is 0 Å². The number of amides is 1. The lowest BCUT2D eigenvalue weighted by Crippen LogP contribution is -2.39. The SMILES string of the molecule is CCNC(C)CC(=O)N(CCN(C)C)Cc1cccnc1. The van der Waals surface area contributed by atoms with Crippen molar-refractivity contribution in [2.75, 3.05) is 33.7 Å². The quantitative estimate of drug-likeness (QED) is 0.746. The second-order valence-corrected chi connectivity index (χ2v) is 5.64. The van der Waals surface area contributed by atoms with Crippen molar-refractivity contribution in [2.45, 2.75) is 32.9 Å². The Morgan fingerprint density at radius 3 is 2.71 bits per heavy atom. The molecule has 118 valence electrons. The van der Waals surface area contributed by atoms with Gasteiger partial charge in [-0.05, 0) is 39.2 Å². The van der Waals surface area contributed by atoms with Gasteiger partial charge in [0.25, 0.3) is 0 Å². The Kier molecular flexibility index (Phi) is 7.93. The van der Waals surface area contributed by atoms with Crippen molar-refractivity contribution in [3.05, 3.63) is 30.1 Å². The summed E-state index contributed by atoms with van der Waals surface area (Å²) in [6, 6.07) is 4.13. The number of nitrogens with zero attached hydrogens (tertiary/aromatic N) is 3. The predicted molar refractivity (Wildman–Crippen MR) is 86.0 cm³/mol. The second-order valence-electron chi connectivity index (χ2n) is 5.64. The average Bonchev–Trinajstić information content (AvgIpc) is 2.44. The van der Waals surface area contributed by atoms with Gasteiger partial charge in [-0.3, -0.25) is 9.78 Å². The fourth-order valence-electron chi connectivity index (χ4n) is 2.14. The molecule has 0 aliphatic heterocycles. The molecule has 5 nitrogen and oxygen atoms in total. The van der Waals surface area contributed by atoms with Gasteiger partial charge in [-0.2, -0.15) is 0 Å². The van der Waals surface area contributed by atoms with Gasteiger partial charge >= 0.3 is 0 Å². The highest BCUT2D eigenvalue weighted by Crippen LogP contribution is 2.06. The van der Waals surface area contributed by atoms with Gasteiger partial charge < -0.3 is 15.1 Å². The number of pyridine rings is 1. The summed E-state index contributed by atoms with van der Waals surface area (Å²) in [7, 11) is 4.04. The summed E-state index contributed by atoms with van der Waals surface area (Å²) < 4.78 is 0. The largest absolute Gasteiger partial charge is 0.337 e. The third kappa shape index (κ3) is 7.20. The summed E-state index contributed by atoms with van der Waals surface area (Å²) in [4.78, 5) is 20.6. The summed E-state index contributed by atoms with van der Waals surface area (Å²) in [6.45, 7) is 7.21. The molecule has 0 radical (unpaired) electrons. The van der Waals surface area contributed by atoms with Gasteiger partial charge in [-0.25, -0.2) is 0 Å². The van der Waals surface area contributed by atoms with E-state index in [2.05, 4.69) is 29.0 Å². The molecule has 0 spiro atoms. The van der Waals surface area contributed by atoms with Crippen LogP contribution in [0.3, 0.4) is 0 Å². The van der Waals surface area contributed by atoms with E-state index in [1.807, 2.05) is 37.3 Å². The monoisotopic (exact) mass is 292 g/mol. The van der Waals surface area contributed by atoms with Crippen LogP contribution in [-0.4, -0.2) is 60.5 Å². The van der Waals surface area contributed by atoms with E-state index in [4.69, 9.17) is 0 Å². The molecule has 0 saturated heterocycles. The van der Waals surface area contributed by atoms with E-state index in [1.54, 1.807) is 6.20 Å². The molecule has 5 heteroatoms. The lowest BCUT2D eigenvalue weighted by molar-refractivity contribution is -0.132. The van der Waals surface area contributed by atoms with Crippen molar-refractivity contribution in [1.82, 2.24) is 20.1 Å². The number of carbonyl (C=O) groups excluding carboxylic acids is 1. The first-order chi connectivity index (χ1) is 10.0. The molecule has 0 saturated carbocycles. The van der Waals surface area contributed by atoms with Gasteiger partial charge in [-0.1, -0.05) is 13.0 Å². The van der Waals surface area contributed by atoms with Gasteiger partial charge in [0.2, 0.25) is 5.91 Å². The van der Waals surface area contributed by atoms with Crippen molar-refractivity contribution < 1.29 is 4.79 Å². The van der Waals surface area contributed by atoms with Crippen LogP contribution in [0.4, 0.5) is 0 Å². The number of nitrogens with one attached hydrogen (secondary N) is 1. The van der Waals surface area contributed by atoms with E-state index in [0.29, 0.717) is 13.0 Å². The molecule has 1 N–H and O–H groups in total. The first kappa shape index (κ1) is 17.6. The van der Waals surface area contributed by atoms with Crippen LogP contribution in [0.1, 0.15) is 25.8 Å². The Morgan fingerprint density at radius 1 is 1.38 bits per heavy atom. The van der Waals surface area contributed by atoms with Crippen molar-refractivity contribution in [3.8, 4) is 0 Å². The maximum atomic E-state index is 12.5. The molecule has 1 amide bonds. The molecular weight excluding hydrogens is 264 g/mol. The zero-order valence-corrected chi connectivity index (χ0v) is 13.7. The van der Waals surface area contributed by atoms with Crippen LogP contribution in [0.2, 0.25) is 0 Å². The maximum absolute atomic E-state index is 12.5. The number of aromatic nitrogens is 1. The normalized spacial score (nSPS) is 12.4. The summed E-state index contributed by atoms with van der Waals surface area (Å²) in [5.41, 5.74) is 1.07. The minimum absolute atomic E-state index is 0.189. The fourth-order valence-corrected chi connectivity index (χ4v) is 2.14. The van der Waals surface area contributed by atoms with Gasteiger partial charge in [0.05, 0.1) is 0 Å². The zero-order chi connectivity index (χ0) is 15.7. The highest BCUT2D eigenvalue weighted by atomic mass is 16.2. The number of hydrogen-bond donors (Lipinski definition) is 1. The molecule has 1 rings (SSSR count).